The summed E-state index contributed by atoms with van der Waals surface area (Å²) in [7, 11) is 0. The first-order valence-corrected chi connectivity index (χ1v) is 7.18. The van der Waals surface area contributed by atoms with Crippen LogP contribution in [0.15, 0.2) is 36.4 Å². The first-order chi connectivity index (χ1) is 10.7. The van der Waals surface area contributed by atoms with Gasteiger partial charge in [0.15, 0.2) is 5.69 Å². The molecule has 6 heteroatoms. The van der Waals surface area contributed by atoms with Crippen molar-refractivity contribution in [3.8, 4) is 6.07 Å². The van der Waals surface area contributed by atoms with Crippen molar-refractivity contribution in [1.82, 2.24) is 19.7 Å². The van der Waals surface area contributed by atoms with E-state index in [1.165, 1.54) is 0 Å². The zero-order valence-electron chi connectivity index (χ0n) is 12.5. The van der Waals surface area contributed by atoms with Crippen molar-refractivity contribution in [2.75, 3.05) is 5.32 Å². The van der Waals surface area contributed by atoms with Gasteiger partial charge in [0, 0.05) is 6.54 Å². The van der Waals surface area contributed by atoms with Gasteiger partial charge in [-0.15, -0.1) is 10.2 Å². The zero-order valence-corrected chi connectivity index (χ0v) is 12.5. The maximum atomic E-state index is 8.75. The molecule has 0 saturated heterocycles. The summed E-state index contributed by atoms with van der Waals surface area (Å²) in [5, 5.41) is 19.9. The van der Waals surface area contributed by atoms with Crippen LogP contribution in [0.2, 0.25) is 0 Å². The van der Waals surface area contributed by atoms with E-state index in [4.69, 9.17) is 10.2 Å². The van der Waals surface area contributed by atoms with E-state index in [-0.39, 0.29) is 6.04 Å². The summed E-state index contributed by atoms with van der Waals surface area (Å²) in [6.45, 7) is 4.99. The Morgan fingerprint density at radius 1 is 1.23 bits per heavy atom. The molecular weight excluding hydrogens is 276 g/mol. The maximum Gasteiger partial charge on any atom is 0.163 e. The Labute approximate surface area is 128 Å². The lowest BCUT2D eigenvalue weighted by atomic mass is 10.3. The van der Waals surface area contributed by atoms with Crippen molar-refractivity contribution in [1.29, 1.82) is 5.26 Å². The highest BCUT2D eigenvalue weighted by Crippen LogP contribution is 2.22. The number of nitriles is 1. The van der Waals surface area contributed by atoms with Crippen molar-refractivity contribution in [2.24, 2.45) is 0 Å². The van der Waals surface area contributed by atoms with Gasteiger partial charge in [0.25, 0.3) is 0 Å². The van der Waals surface area contributed by atoms with Crippen LogP contribution in [-0.4, -0.2) is 19.7 Å². The van der Waals surface area contributed by atoms with E-state index < -0.39 is 0 Å². The molecule has 0 aliphatic rings. The molecule has 2 heterocycles. The van der Waals surface area contributed by atoms with Crippen LogP contribution in [-0.2, 0) is 6.54 Å². The van der Waals surface area contributed by atoms with E-state index in [0.29, 0.717) is 11.5 Å². The number of fused-ring (bicyclic) bond motifs is 1. The molecule has 0 aliphatic carbocycles. The first-order valence-electron chi connectivity index (χ1n) is 7.18. The van der Waals surface area contributed by atoms with Crippen molar-refractivity contribution in [3.63, 3.8) is 0 Å². The zero-order chi connectivity index (χ0) is 15.5. The van der Waals surface area contributed by atoms with Crippen molar-refractivity contribution in [2.45, 2.75) is 26.4 Å². The molecule has 110 valence electrons. The number of nitrogens with zero attached hydrogens (tertiary/aromatic N) is 5. The molecule has 0 radical (unpaired) electrons. The summed E-state index contributed by atoms with van der Waals surface area (Å²) in [5.74, 6) is 1.58. The number of anilines is 1. The fraction of sp³-hybridized carbons (Fsp3) is 0.250. The molecule has 22 heavy (non-hydrogen) atoms. The lowest BCUT2D eigenvalue weighted by molar-refractivity contribution is 0.671. The molecule has 1 unspecified atom stereocenters. The average Bonchev–Trinajstić information content (AvgIpc) is 2.94. The highest BCUT2D eigenvalue weighted by Gasteiger charge is 2.16. The van der Waals surface area contributed by atoms with E-state index in [1.807, 2.05) is 31.2 Å². The van der Waals surface area contributed by atoms with Gasteiger partial charge in [-0.1, -0.05) is 12.1 Å². The lowest BCUT2D eigenvalue weighted by Gasteiger charge is -2.15. The fourth-order valence-corrected chi connectivity index (χ4v) is 2.51. The third kappa shape index (κ3) is 2.49. The predicted molar refractivity (Wildman–Crippen MR) is 84.2 cm³/mol. The van der Waals surface area contributed by atoms with E-state index >= 15 is 0 Å². The van der Waals surface area contributed by atoms with Gasteiger partial charge in [0.2, 0.25) is 0 Å². The second-order valence-corrected chi connectivity index (χ2v) is 4.98. The standard InChI is InChI=1S/C16H16N6/c1-3-22-14-7-5-4-6-13(14)19-16(22)11(2)18-15-9-8-12(10-17)20-21-15/h4-9,11H,3H2,1-2H3,(H,18,21). The lowest BCUT2D eigenvalue weighted by Crippen LogP contribution is -2.14. The second-order valence-electron chi connectivity index (χ2n) is 4.98. The molecule has 0 bridgehead atoms. The van der Waals surface area contributed by atoms with E-state index in [2.05, 4.69) is 33.1 Å². The second kappa shape index (κ2) is 5.82. The molecule has 1 N–H and O–H groups in total. The number of imidazole rings is 1. The number of aromatic nitrogens is 4. The smallest absolute Gasteiger partial charge is 0.163 e. The third-order valence-electron chi connectivity index (χ3n) is 3.53. The highest BCUT2D eigenvalue weighted by atomic mass is 15.2. The van der Waals surface area contributed by atoms with Crippen LogP contribution in [0.5, 0.6) is 0 Å². The minimum atomic E-state index is -0.0189. The van der Waals surface area contributed by atoms with Crippen LogP contribution in [0, 0.1) is 11.3 Å². The average molecular weight is 292 g/mol. The van der Waals surface area contributed by atoms with Gasteiger partial charge in [-0.2, -0.15) is 5.26 Å². The molecule has 3 aromatic rings. The molecule has 1 atom stereocenters. The number of hydrogen-bond donors (Lipinski definition) is 1. The Morgan fingerprint density at radius 2 is 2.05 bits per heavy atom. The van der Waals surface area contributed by atoms with E-state index in [9.17, 15) is 0 Å². The van der Waals surface area contributed by atoms with E-state index in [0.717, 1.165) is 23.4 Å². The number of para-hydroxylation sites is 2. The summed E-state index contributed by atoms with van der Waals surface area (Å²) in [4.78, 5) is 4.71. The quantitative estimate of drug-likeness (QED) is 0.799. The molecule has 0 fully saturated rings. The largest absolute Gasteiger partial charge is 0.359 e. The summed E-state index contributed by atoms with van der Waals surface area (Å²) < 4.78 is 2.18. The number of hydrogen-bond acceptors (Lipinski definition) is 5. The third-order valence-corrected chi connectivity index (χ3v) is 3.53. The van der Waals surface area contributed by atoms with Crippen LogP contribution in [0.25, 0.3) is 11.0 Å². The Kier molecular flexibility index (Phi) is 3.71. The number of benzene rings is 1. The molecular formula is C16H16N6. The number of nitrogens with one attached hydrogen (secondary N) is 1. The van der Waals surface area contributed by atoms with Gasteiger partial charge in [0.05, 0.1) is 17.1 Å². The van der Waals surface area contributed by atoms with Crippen LogP contribution < -0.4 is 5.32 Å². The Morgan fingerprint density at radius 3 is 2.73 bits per heavy atom. The Bertz CT molecular complexity index is 828. The maximum absolute atomic E-state index is 8.75. The van der Waals surface area contributed by atoms with Crippen LogP contribution in [0.1, 0.15) is 31.4 Å². The molecule has 2 aromatic heterocycles. The number of aryl methyl sites for hydroxylation is 1. The van der Waals surface area contributed by atoms with Gasteiger partial charge < -0.3 is 9.88 Å². The predicted octanol–water partition coefficient (Wildman–Crippen LogP) is 2.89. The first kappa shape index (κ1) is 14.0. The molecule has 1 aromatic carbocycles. The summed E-state index contributed by atoms with van der Waals surface area (Å²) in [6, 6.07) is 13.4. The minimum absolute atomic E-state index is 0.0189. The Balaban J connectivity index is 1.91. The van der Waals surface area contributed by atoms with Crippen molar-refractivity contribution < 1.29 is 0 Å². The van der Waals surface area contributed by atoms with Gasteiger partial charge in [-0.3, -0.25) is 0 Å². The fourth-order valence-electron chi connectivity index (χ4n) is 2.51. The SMILES string of the molecule is CCn1c(C(C)Nc2ccc(C#N)nn2)nc2ccccc21. The highest BCUT2D eigenvalue weighted by molar-refractivity contribution is 5.76. The van der Waals surface area contributed by atoms with Crippen LogP contribution in [0.4, 0.5) is 5.82 Å². The molecule has 0 saturated carbocycles. The Hall–Kier alpha value is -2.94. The summed E-state index contributed by atoms with van der Waals surface area (Å²) >= 11 is 0. The van der Waals surface area contributed by atoms with Crippen LogP contribution >= 0.6 is 0 Å². The summed E-state index contributed by atoms with van der Waals surface area (Å²) in [5.41, 5.74) is 2.41. The van der Waals surface area contributed by atoms with Gasteiger partial charge >= 0.3 is 0 Å². The monoisotopic (exact) mass is 292 g/mol. The normalized spacial score (nSPS) is 12.0. The van der Waals surface area contributed by atoms with Crippen molar-refractivity contribution >= 4 is 16.9 Å². The molecule has 0 spiro atoms. The van der Waals surface area contributed by atoms with Gasteiger partial charge in [-0.25, -0.2) is 4.98 Å². The summed E-state index contributed by atoms with van der Waals surface area (Å²) in [6.07, 6.45) is 0. The van der Waals surface area contributed by atoms with Gasteiger partial charge in [0.1, 0.15) is 17.7 Å². The minimum Gasteiger partial charge on any atom is -0.359 e. The topological polar surface area (TPSA) is 79.4 Å². The molecule has 0 aliphatic heterocycles. The molecule has 6 nitrogen and oxygen atoms in total. The van der Waals surface area contributed by atoms with Crippen LogP contribution in [0.3, 0.4) is 0 Å². The van der Waals surface area contributed by atoms with Gasteiger partial charge in [-0.05, 0) is 38.1 Å². The molecule has 3 rings (SSSR count). The number of rotatable bonds is 4. The molecule has 0 amide bonds. The van der Waals surface area contributed by atoms with E-state index in [1.54, 1.807) is 12.1 Å². The van der Waals surface area contributed by atoms with Crippen molar-refractivity contribution in [3.05, 3.63) is 47.9 Å².